The first-order valence-corrected chi connectivity index (χ1v) is 10.1. The summed E-state index contributed by atoms with van der Waals surface area (Å²) in [5.74, 6) is -0.404. The van der Waals surface area contributed by atoms with Gasteiger partial charge in [-0.15, -0.1) is 0 Å². The van der Waals surface area contributed by atoms with Crippen LogP contribution in [0.15, 0.2) is 76.9 Å². The summed E-state index contributed by atoms with van der Waals surface area (Å²) in [4.78, 5) is 12.5. The second-order valence-corrected chi connectivity index (χ2v) is 6.36. The second kappa shape index (κ2) is 14.0. The number of fused-ring (bicyclic) bond motifs is 1. The number of hydrogen-bond acceptors (Lipinski definition) is 2. The number of nitriles is 1. The Labute approximate surface area is 176 Å². The van der Waals surface area contributed by atoms with E-state index in [-0.39, 0.29) is 5.57 Å². The number of rotatable bonds is 4. The summed E-state index contributed by atoms with van der Waals surface area (Å²) in [6, 6.07) is 15.6. The monoisotopic (exact) mass is 390 g/mol. The highest BCUT2D eigenvalue weighted by Gasteiger charge is 2.10. The summed E-state index contributed by atoms with van der Waals surface area (Å²) in [5.41, 5.74) is 3.80. The second-order valence-electron chi connectivity index (χ2n) is 6.36. The lowest BCUT2D eigenvalue weighted by Gasteiger charge is -2.07. The third-order valence-electron chi connectivity index (χ3n) is 3.69. The number of allylic oxidation sites excluding steroid dienone is 5. The van der Waals surface area contributed by atoms with Crippen molar-refractivity contribution >= 4 is 22.4 Å². The first-order chi connectivity index (χ1) is 13.9. The lowest BCUT2D eigenvalue weighted by atomic mass is 10.0. The van der Waals surface area contributed by atoms with Crippen molar-refractivity contribution in [2.45, 2.75) is 55.4 Å². The van der Waals surface area contributed by atoms with Crippen molar-refractivity contribution in [1.82, 2.24) is 0 Å². The van der Waals surface area contributed by atoms with E-state index < -0.39 is 5.91 Å². The van der Waals surface area contributed by atoms with Crippen LogP contribution in [0.3, 0.4) is 0 Å². The lowest BCUT2D eigenvalue weighted by molar-refractivity contribution is -0.112. The van der Waals surface area contributed by atoms with Gasteiger partial charge in [-0.3, -0.25) is 4.79 Å². The number of nitrogens with zero attached hydrogens (tertiary/aromatic N) is 1. The Balaban J connectivity index is 0.00000184. The molecule has 0 aromatic heterocycles. The molecule has 1 amide bonds. The molecule has 2 aromatic carbocycles. The van der Waals surface area contributed by atoms with Gasteiger partial charge in [-0.05, 0) is 62.2 Å². The number of amides is 1. The van der Waals surface area contributed by atoms with Crippen LogP contribution in [0.5, 0.6) is 0 Å². The van der Waals surface area contributed by atoms with Gasteiger partial charge in [0.25, 0.3) is 5.91 Å². The fourth-order valence-electron chi connectivity index (χ4n) is 2.41. The van der Waals surface area contributed by atoms with Crippen molar-refractivity contribution in [2.24, 2.45) is 0 Å². The van der Waals surface area contributed by atoms with Crippen molar-refractivity contribution in [3.05, 3.63) is 76.9 Å². The number of benzene rings is 2. The smallest absolute Gasteiger partial charge is 0.266 e. The molecule has 3 nitrogen and oxygen atoms in total. The zero-order valence-corrected chi connectivity index (χ0v) is 19.1. The third-order valence-corrected chi connectivity index (χ3v) is 3.69. The van der Waals surface area contributed by atoms with Crippen LogP contribution in [0.4, 0.5) is 5.69 Å². The maximum absolute atomic E-state index is 12.5. The van der Waals surface area contributed by atoms with Crippen molar-refractivity contribution in [3.63, 3.8) is 0 Å². The van der Waals surface area contributed by atoms with E-state index in [1.165, 1.54) is 0 Å². The standard InChI is InChI=1S/C22H22N2O.2C2H6/c1-15(2)11-19(16(3)4)12-20(14-23)22(25)24-21-10-9-17-7-5-6-8-18(17)13-21;2*1-2/h5-13H,1-4H3,(H,24,25);2*1-2H3/b20-12-;;. The van der Waals surface area contributed by atoms with Gasteiger partial charge in [0.05, 0.1) is 0 Å². The molecule has 2 rings (SSSR count). The average molecular weight is 391 g/mol. The molecule has 154 valence electrons. The Morgan fingerprint density at radius 2 is 1.48 bits per heavy atom. The van der Waals surface area contributed by atoms with Gasteiger partial charge >= 0.3 is 0 Å². The molecule has 0 heterocycles. The maximum Gasteiger partial charge on any atom is 0.266 e. The molecule has 2 aromatic rings. The van der Waals surface area contributed by atoms with Crippen molar-refractivity contribution < 1.29 is 4.79 Å². The molecule has 0 radical (unpaired) electrons. The van der Waals surface area contributed by atoms with E-state index in [4.69, 9.17) is 0 Å². The summed E-state index contributed by atoms with van der Waals surface area (Å²) in [6.45, 7) is 15.9. The summed E-state index contributed by atoms with van der Waals surface area (Å²) >= 11 is 0. The maximum atomic E-state index is 12.5. The molecule has 3 heteroatoms. The molecule has 0 bridgehead atoms. The average Bonchev–Trinajstić information content (AvgIpc) is 2.73. The normalized spacial score (nSPS) is 9.69. The number of nitrogens with one attached hydrogen (secondary N) is 1. The highest BCUT2D eigenvalue weighted by Crippen LogP contribution is 2.20. The van der Waals surface area contributed by atoms with E-state index in [1.54, 1.807) is 6.08 Å². The first-order valence-electron chi connectivity index (χ1n) is 10.1. The number of carbonyl (C=O) groups is 1. The molecular formula is C26H34N2O. The summed E-state index contributed by atoms with van der Waals surface area (Å²) in [5, 5.41) is 14.3. The minimum atomic E-state index is -0.404. The number of hydrogen-bond donors (Lipinski definition) is 1. The molecule has 0 unspecified atom stereocenters. The summed E-state index contributed by atoms with van der Waals surface area (Å²) < 4.78 is 0. The number of carbonyl (C=O) groups excluding carboxylic acids is 1. The van der Waals surface area contributed by atoms with Crippen LogP contribution < -0.4 is 5.32 Å². The van der Waals surface area contributed by atoms with Gasteiger partial charge in [-0.25, -0.2) is 0 Å². The van der Waals surface area contributed by atoms with E-state index in [0.717, 1.165) is 27.5 Å². The molecule has 0 aliphatic heterocycles. The largest absolute Gasteiger partial charge is 0.321 e. The van der Waals surface area contributed by atoms with Gasteiger partial charge in [0.2, 0.25) is 0 Å². The van der Waals surface area contributed by atoms with Crippen LogP contribution in [-0.4, -0.2) is 5.91 Å². The van der Waals surface area contributed by atoms with Crippen LogP contribution >= 0.6 is 0 Å². The fourth-order valence-corrected chi connectivity index (χ4v) is 2.41. The third kappa shape index (κ3) is 8.62. The highest BCUT2D eigenvalue weighted by molar-refractivity contribution is 6.07. The van der Waals surface area contributed by atoms with Crippen LogP contribution in [0.25, 0.3) is 10.8 Å². The predicted octanol–water partition coefficient (Wildman–Crippen LogP) is 7.58. The highest BCUT2D eigenvalue weighted by atomic mass is 16.1. The minimum Gasteiger partial charge on any atom is -0.321 e. The van der Waals surface area contributed by atoms with Gasteiger partial charge in [-0.2, -0.15) is 5.26 Å². The van der Waals surface area contributed by atoms with Crippen molar-refractivity contribution in [2.75, 3.05) is 5.32 Å². The molecule has 0 saturated heterocycles. The van der Waals surface area contributed by atoms with E-state index in [2.05, 4.69) is 5.32 Å². The Kier molecular flexibility index (Phi) is 12.5. The van der Waals surface area contributed by atoms with E-state index in [0.29, 0.717) is 5.69 Å². The van der Waals surface area contributed by atoms with Crippen molar-refractivity contribution in [3.8, 4) is 6.07 Å². The molecule has 0 atom stereocenters. The molecule has 0 spiro atoms. The summed E-state index contributed by atoms with van der Waals surface area (Å²) in [6.07, 6.45) is 3.61. The fraction of sp³-hybridized carbons (Fsp3) is 0.308. The van der Waals surface area contributed by atoms with Gasteiger partial charge in [0.1, 0.15) is 11.6 Å². The lowest BCUT2D eigenvalue weighted by Crippen LogP contribution is -2.13. The zero-order chi connectivity index (χ0) is 22.4. The summed E-state index contributed by atoms with van der Waals surface area (Å²) in [7, 11) is 0. The number of anilines is 1. The Morgan fingerprint density at radius 3 is 2.00 bits per heavy atom. The minimum absolute atomic E-state index is 0.0851. The molecule has 1 N–H and O–H groups in total. The van der Waals surface area contributed by atoms with Crippen LogP contribution in [-0.2, 0) is 4.79 Å². The predicted molar refractivity (Wildman–Crippen MR) is 127 cm³/mol. The SMILES string of the molecule is CC.CC.CC(C)=CC(/C=C(/C#N)C(=O)Nc1ccc2ccccc2c1)=C(C)C. The molecule has 0 aliphatic rings. The Hall–Kier alpha value is -3.12. The van der Waals surface area contributed by atoms with E-state index >= 15 is 0 Å². The Morgan fingerprint density at radius 1 is 0.897 bits per heavy atom. The molecule has 0 aliphatic carbocycles. The van der Waals surface area contributed by atoms with E-state index in [1.807, 2.05) is 110 Å². The van der Waals surface area contributed by atoms with Gasteiger partial charge in [-0.1, -0.05) is 75.2 Å². The molecule has 0 fully saturated rings. The molecule has 0 saturated carbocycles. The van der Waals surface area contributed by atoms with Gasteiger partial charge in [0, 0.05) is 5.69 Å². The van der Waals surface area contributed by atoms with Crippen LogP contribution in [0.1, 0.15) is 55.4 Å². The molecular weight excluding hydrogens is 356 g/mol. The van der Waals surface area contributed by atoms with Gasteiger partial charge in [0.15, 0.2) is 0 Å². The molecule has 29 heavy (non-hydrogen) atoms. The topological polar surface area (TPSA) is 52.9 Å². The van der Waals surface area contributed by atoms with Crippen molar-refractivity contribution in [1.29, 1.82) is 5.26 Å². The zero-order valence-electron chi connectivity index (χ0n) is 19.1. The quantitative estimate of drug-likeness (QED) is 0.332. The van der Waals surface area contributed by atoms with Crippen LogP contribution in [0.2, 0.25) is 0 Å². The first kappa shape index (κ1) is 25.9. The van der Waals surface area contributed by atoms with Crippen LogP contribution in [0, 0.1) is 11.3 Å². The van der Waals surface area contributed by atoms with E-state index in [9.17, 15) is 10.1 Å². The van der Waals surface area contributed by atoms with Gasteiger partial charge < -0.3 is 5.32 Å². The Bertz CT molecular complexity index is 933.